The van der Waals surface area contributed by atoms with Crippen molar-refractivity contribution in [2.75, 3.05) is 6.54 Å². The number of benzene rings is 1. The fraction of sp³-hybridized carbons (Fsp3) is 0.529. The normalized spacial score (nSPS) is 16.3. The van der Waals surface area contributed by atoms with Crippen molar-refractivity contribution in [1.29, 1.82) is 0 Å². The highest BCUT2D eigenvalue weighted by Crippen LogP contribution is 2.26. The van der Waals surface area contributed by atoms with Gasteiger partial charge in [0.2, 0.25) is 0 Å². The van der Waals surface area contributed by atoms with Crippen LogP contribution in [0.1, 0.15) is 45.4 Å². The van der Waals surface area contributed by atoms with Crippen LogP contribution < -0.4 is 5.32 Å². The Morgan fingerprint density at radius 3 is 2.52 bits per heavy atom. The molecule has 1 N–H and O–H groups in total. The number of sulfone groups is 1. The second-order valence-corrected chi connectivity index (χ2v) is 7.70. The highest BCUT2D eigenvalue weighted by molar-refractivity contribution is 7.92. The zero-order valence-corrected chi connectivity index (χ0v) is 13.5. The van der Waals surface area contributed by atoms with Crippen molar-refractivity contribution >= 4 is 9.84 Å². The Hall–Kier alpha value is -1.29. The lowest BCUT2D eigenvalue weighted by molar-refractivity contribution is 0.562. The van der Waals surface area contributed by atoms with Crippen LogP contribution in [0.3, 0.4) is 0 Å². The molecule has 0 saturated heterocycles. The molecule has 3 nitrogen and oxygen atoms in total. The van der Waals surface area contributed by atoms with Crippen molar-refractivity contribution in [3.63, 3.8) is 0 Å². The number of hydrogen-bond acceptors (Lipinski definition) is 3. The van der Waals surface area contributed by atoms with Gasteiger partial charge in [0, 0.05) is 12.2 Å². The SMILES string of the molecule is CCCCCCC(C1=CCCN1)S(=O)(=O)c1ccccc1. The minimum Gasteiger partial charge on any atom is -0.387 e. The van der Waals surface area contributed by atoms with Crippen LogP contribution in [0.25, 0.3) is 0 Å². The molecule has 1 aromatic carbocycles. The van der Waals surface area contributed by atoms with E-state index in [0.29, 0.717) is 11.3 Å². The molecule has 1 aliphatic heterocycles. The summed E-state index contributed by atoms with van der Waals surface area (Å²) in [5.74, 6) is 0. The molecular weight excluding hydrogens is 282 g/mol. The Labute approximate surface area is 128 Å². The average Bonchev–Trinajstić information content (AvgIpc) is 3.02. The third-order valence-corrected chi connectivity index (χ3v) is 6.12. The number of unbranched alkanes of at least 4 members (excludes halogenated alkanes) is 3. The van der Waals surface area contributed by atoms with Crippen molar-refractivity contribution in [3.05, 3.63) is 42.1 Å². The van der Waals surface area contributed by atoms with E-state index < -0.39 is 15.1 Å². The molecule has 1 atom stereocenters. The largest absolute Gasteiger partial charge is 0.387 e. The summed E-state index contributed by atoms with van der Waals surface area (Å²) in [5.41, 5.74) is 0.898. The molecule has 0 bridgehead atoms. The van der Waals surface area contributed by atoms with E-state index in [2.05, 4.69) is 12.2 Å². The number of hydrogen-bond donors (Lipinski definition) is 1. The molecule has 116 valence electrons. The number of nitrogens with one attached hydrogen (secondary N) is 1. The zero-order valence-electron chi connectivity index (χ0n) is 12.7. The highest BCUT2D eigenvalue weighted by atomic mass is 32.2. The van der Waals surface area contributed by atoms with Crippen LogP contribution in [-0.2, 0) is 9.84 Å². The molecule has 1 aliphatic rings. The summed E-state index contributed by atoms with van der Waals surface area (Å²) in [6, 6.07) is 8.82. The van der Waals surface area contributed by atoms with Crippen LogP contribution in [0.5, 0.6) is 0 Å². The summed E-state index contributed by atoms with van der Waals surface area (Å²) in [4.78, 5) is 0.431. The maximum atomic E-state index is 12.9. The molecule has 0 spiro atoms. The van der Waals surface area contributed by atoms with Gasteiger partial charge in [-0.25, -0.2) is 8.42 Å². The topological polar surface area (TPSA) is 46.2 Å². The molecule has 0 aromatic heterocycles. The van der Waals surface area contributed by atoms with E-state index in [1.54, 1.807) is 24.3 Å². The molecule has 1 unspecified atom stereocenters. The van der Waals surface area contributed by atoms with E-state index in [4.69, 9.17) is 0 Å². The van der Waals surface area contributed by atoms with Gasteiger partial charge in [0.15, 0.2) is 9.84 Å². The third kappa shape index (κ3) is 4.10. The summed E-state index contributed by atoms with van der Waals surface area (Å²) in [7, 11) is -3.30. The minimum absolute atomic E-state index is 0.417. The average molecular weight is 307 g/mol. The van der Waals surface area contributed by atoms with Crippen LogP contribution >= 0.6 is 0 Å². The van der Waals surface area contributed by atoms with Crippen LogP contribution in [0.15, 0.2) is 47.0 Å². The second-order valence-electron chi connectivity index (χ2n) is 5.57. The molecule has 21 heavy (non-hydrogen) atoms. The Balaban J connectivity index is 2.18. The molecule has 0 amide bonds. The lowest BCUT2D eigenvalue weighted by atomic mass is 10.1. The smallest absolute Gasteiger partial charge is 0.186 e. The van der Waals surface area contributed by atoms with E-state index in [0.717, 1.165) is 37.9 Å². The zero-order chi connectivity index (χ0) is 15.1. The van der Waals surface area contributed by atoms with Gasteiger partial charge in [-0.05, 0) is 25.0 Å². The van der Waals surface area contributed by atoms with Gasteiger partial charge in [-0.15, -0.1) is 0 Å². The first-order valence-corrected chi connectivity index (χ1v) is 9.43. The first-order valence-electron chi connectivity index (χ1n) is 7.89. The van der Waals surface area contributed by atoms with Gasteiger partial charge in [-0.1, -0.05) is 56.9 Å². The summed E-state index contributed by atoms with van der Waals surface area (Å²) >= 11 is 0. The van der Waals surface area contributed by atoms with Crippen LogP contribution in [0.4, 0.5) is 0 Å². The summed E-state index contributed by atoms with van der Waals surface area (Å²) in [6.45, 7) is 3.02. The van der Waals surface area contributed by atoms with Crippen molar-refractivity contribution in [3.8, 4) is 0 Å². The summed E-state index contributed by atoms with van der Waals surface area (Å²) in [6.07, 6.45) is 8.07. The first kappa shape index (κ1) is 16.1. The lowest BCUT2D eigenvalue weighted by Crippen LogP contribution is -2.29. The lowest BCUT2D eigenvalue weighted by Gasteiger charge is -2.20. The van der Waals surface area contributed by atoms with Gasteiger partial charge < -0.3 is 5.32 Å². The van der Waals surface area contributed by atoms with Gasteiger partial charge in [0.25, 0.3) is 0 Å². The predicted molar refractivity (Wildman–Crippen MR) is 86.9 cm³/mol. The van der Waals surface area contributed by atoms with Crippen LogP contribution in [0.2, 0.25) is 0 Å². The Bertz CT molecular complexity index is 564. The monoisotopic (exact) mass is 307 g/mol. The van der Waals surface area contributed by atoms with Gasteiger partial charge in [0.1, 0.15) is 5.25 Å². The third-order valence-electron chi connectivity index (χ3n) is 3.95. The highest BCUT2D eigenvalue weighted by Gasteiger charge is 2.31. The second kappa shape index (κ2) is 7.64. The van der Waals surface area contributed by atoms with Crippen molar-refractivity contribution in [1.82, 2.24) is 5.32 Å². The van der Waals surface area contributed by atoms with E-state index in [1.807, 2.05) is 12.1 Å². The molecule has 1 heterocycles. The molecule has 0 radical (unpaired) electrons. The Morgan fingerprint density at radius 1 is 1.14 bits per heavy atom. The fourth-order valence-corrected chi connectivity index (χ4v) is 4.63. The quantitative estimate of drug-likeness (QED) is 0.745. The predicted octanol–water partition coefficient (Wildman–Crippen LogP) is 3.68. The molecule has 4 heteroatoms. The van der Waals surface area contributed by atoms with Gasteiger partial charge in [0.05, 0.1) is 4.90 Å². The van der Waals surface area contributed by atoms with Crippen molar-refractivity contribution < 1.29 is 8.42 Å². The van der Waals surface area contributed by atoms with E-state index >= 15 is 0 Å². The molecular formula is C17H25NO2S. The van der Waals surface area contributed by atoms with E-state index in [9.17, 15) is 8.42 Å². The van der Waals surface area contributed by atoms with Crippen molar-refractivity contribution in [2.24, 2.45) is 0 Å². The standard InChI is InChI=1S/C17H25NO2S/c1-2-3-4-8-13-17(16-12-9-14-18-16)21(19,20)15-10-6-5-7-11-15/h5-7,10-12,17-18H,2-4,8-9,13-14H2,1H3. The van der Waals surface area contributed by atoms with E-state index in [-0.39, 0.29) is 0 Å². The van der Waals surface area contributed by atoms with Gasteiger partial charge >= 0.3 is 0 Å². The maximum absolute atomic E-state index is 12.9. The maximum Gasteiger partial charge on any atom is 0.186 e. The van der Waals surface area contributed by atoms with Gasteiger partial charge in [-0.3, -0.25) is 0 Å². The van der Waals surface area contributed by atoms with E-state index in [1.165, 1.54) is 6.42 Å². The fourth-order valence-electron chi connectivity index (χ4n) is 2.77. The van der Waals surface area contributed by atoms with Gasteiger partial charge in [-0.2, -0.15) is 0 Å². The minimum atomic E-state index is -3.30. The molecule has 0 fully saturated rings. The van der Waals surface area contributed by atoms with Crippen molar-refractivity contribution in [2.45, 2.75) is 55.6 Å². The van der Waals surface area contributed by atoms with Crippen LogP contribution in [0, 0.1) is 0 Å². The Morgan fingerprint density at radius 2 is 1.90 bits per heavy atom. The van der Waals surface area contributed by atoms with Crippen LogP contribution in [-0.4, -0.2) is 20.2 Å². The Kier molecular flexibility index (Phi) is 5.85. The first-order chi connectivity index (χ1) is 10.2. The molecule has 0 saturated carbocycles. The summed E-state index contributed by atoms with van der Waals surface area (Å²) in [5, 5.41) is 2.84. The summed E-state index contributed by atoms with van der Waals surface area (Å²) < 4.78 is 25.8. The molecule has 0 aliphatic carbocycles. The molecule has 1 aromatic rings. The molecule has 2 rings (SSSR count). The number of rotatable bonds is 8.